The summed E-state index contributed by atoms with van der Waals surface area (Å²) in [5.74, 6) is -5.12. The molecule has 2 N–H and O–H groups in total. The lowest BCUT2D eigenvalue weighted by Crippen LogP contribution is -2.24. The molecule has 194 valence electrons. The SMILES string of the molecule is CC[C@H](N)CC(=O)c1ccc(/C(F)=C/C(c2cc(Cl)c(Cl)c(Cl)c2)C(F)(F)F)cc1C(F)(F)F.Cl. The van der Waals surface area contributed by atoms with E-state index in [9.17, 15) is 35.5 Å². The van der Waals surface area contributed by atoms with Gasteiger partial charge in [-0.2, -0.15) is 26.3 Å². The Balaban J connectivity index is 0.00000612. The summed E-state index contributed by atoms with van der Waals surface area (Å²) in [7, 11) is 0. The maximum atomic E-state index is 14.8. The number of benzene rings is 2. The highest BCUT2D eigenvalue weighted by molar-refractivity contribution is 6.48. The Bertz CT molecular complexity index is 1080. The van der Waals surface area contributed by atoms with Gasteiger partial charge in [-0.15, -0.1) is 12.4 Å². The third-order valence-corrected chi connectivity index (χ3v) is 6.10. The van der Waals surface area contributed by atoms with Crippen molar-refractivity contribution in [1.29, 1.82) is 0 Å². The predicted molar refractivity (Wildman–Crippen MR) is 125 cm³/mol. The zero-order chi connectivity index (χ0) is 26.0. The number of carbonyl (C=O) groups excluding carboxylic acids is 1. The molecule has 2 nitrogen and oxygen atoms in total. The van der Waals surface area contributed by atoms with E-state index < -0.39 is 58.2 Å². The summed E-state index contributed by atoms with van der Waals surface area (Å²) in [5, 5.41) is -0.852. The van der Waals surface area contributed by atoms with E-state index in [0.717, 1.165) is 24.3 Å². The first-order valence-electron chi connectivity index (χ1n) is 9.65. The standard InChI is InChI=1S/C22H17Cl3F7NO.ClH/c1-2-12(33)8-19(34)13-4-3-10(5-15(13)22(30,31)32)18(26)9-14(21(27,28)29)11-6-16(23)20(25)17(24)7-11;/h3-7,9,12,14H,2,8,33H2,1H3;1H/b18-9-;/t12-,14?;/m0./s1. The summed E-state index contributed by atoms with van der Waals surface area (Å²) in [6.07, 6.45) is -10.1. The van der Waals surface area contributed by atoms with E-state index >= 15 is 0 Å². The molecule has 2 rings (SSSR count). The number of alkyl halides is 6. The molecule has 0 saturated heterocycles. The van der Waals surface area contributed by atoms with Gasteiger partial charge >= 0.3 is 12.4 Å². The summed E-state index contributed by atoms with van der Waals surface area (Å²) in [5.41, 5.74) is 2.02. The molecule has 0 amide bonds. The largest absolute Gasteiger partial charge is 0.417 e. The molecule has 35 heavy (non-hydrogen) atoms. The van der Waals surface area contributed by atoms with E-state index in [1.165, 1.54) is 0 Å². The Morgan fingerprint density at radius 3 is 2.03 bits per heavy atom. The van der Waals surface area contributed by atoms with Gasteiger partial charge in [0.2, 0.25) is 0 Å². The highest BCUT2D eigenvalue weighted by atomic mass is 35.5. The Morgan fingerprint density at radius 2 is 1.57 bits per heavy atom. The van der Waals surface area contributed by atoms with Crippen LogP contribution in [0.4, 0.5) is 30.7 Å². The molecular weight excluding hydrogens is 569 g/mol. The molecule has 2 aromatic rings. The minimum absolute atomic E-state index is 0. The van der Waals surface area contributed by atoms with Crippen LogP contribution in [0.5, 0.6) is 0 Å². The second kappa shape index (κ2) is 12.1. The number of hydrogen-bond acceptors (Lipinski definition) is 2. The summed E-state index contributed by atoms with van der Waals surface area (Å²) in [6, 6.07) is 2.77. The van der Waals surface area contributed by atoms with E-state index in [1.807, 2.05) is 0 Å². The number of ketones is 1. The molecule has 0 aromatic heterocycles. The van der Waals surface area contributed by atoms with Crippen LogP contribution in [0.3, 0.4) is 0 Å². The van der Waals surface area contributed by atoms with Gasteiger partial charge in [-0.3, -0.25) is 4.79 Å². The van der Waals surface area contributed by atoms with Crippen molar-refractivity contribution in [2.75, 3.05) is 0 Å². The van der Waals surface area contributed by atoms with Gasteiger partial charge in [-0.05, 0) is 36.3 Å². The molecule has 2 atom stereocenters. The van der Waals surface area contributed by atoms with Crippen molar-refractivity contribution >= 4 is 58.8 Å². The molecule has 0 aliphatic rings. The van der Waals surface area contributed by atoms with Crippen LogP contribution in [-0.2, 0) is 6.18 Å². The lowest BCUT2D eigenvalue weighted by molar-refractivity contribution is -0.140. The number of allylic oxidation sites excluding steroid dienone is 1. The fourth-order valence-corrected chi connectivity index (χ4v) is 3.65. The lowest BCUT2D eigenvalue weighted by Gasteiger charge is -2.19. The maximum absolute atomic E-state index is 14.8. The minimum atomic E-state index is -5.07. The van der Waals surface area contributed by atoms with Crippen LogP contribution in [-0.4, -0.2) is 18.0 Å². The molecule has 0 aliphatic heterocycles. The van der Waals surface area contributed by atoms with Crippen molar-refractivity contribution in [3.8, 4) is 0 Å². The fraction of sp³-hybridized carbons (Fsp3) is 0.318. The Kier molecular flexibility index (Phi) is 10.9. The average Bonchev–Trinajstić information content (AvgIpc) is 2.73. The molecule has 2 aromatic carbocycles. The summed E-state index contributed by atoms with van der Waals surface area (Å²) >= 11 is 17.3. The van der Waals surface area contributed by atoms with Gasteiger partial charge in [0, 0.05) is 23.6 Å². The smallest absolute Gasteiger partial charge is 0.327 e. The van der Waals surface area contributed by atoms with Crippen molar-refractivity contribution in [2.24, 2.45) is 5.73 Å². The molecule has 13 heteroatoms. The number of carbonyl (C=O) groups is 1. The number of Topliss-reactive ketones (excluding diaryl/α,β-unsaturated/α-hetero) is 1. The van der Waals surface area contributed by atoms with Gasteiger partial charge in [-0.25, -0.2) is 4.39 Å². The van der Waals surface area contributed by atoms with E-state index in [0.29, 0.717) is 6.42 Å². The minimum Gasteiger partial charge on any atom is -0.327 e. The molecule has 0 bridgehead atoms. The van der Waals surface area contributed by atoms with Gasteiger partial charge in [0.1, 0.15) is 11.7 Å². The van der Waals surface area contributed by atoms with Crippen molar-refractivity contribution in [1.82, 2.24) is 0 Å². The quantitative estimate of drug-likeness (QED) is 0.200. The van der Waals surface area contributed by atoms with E-state index in [-0.39, 0.29) is 46.0 Å². The Morgan fingerprint density at radius 1 is 1.03 bits per heavy atom. The van der Waals surface area contributed by atoms with Gasteiger partial charge in [0.25, 0.3) is 0 Å². The van der Waals surface area contributed by atoms with Crippen molar-refractivity contribution in [3.63, 3.8) is 0 Å². The molecule has 0 saturated carbocycles. The van der Waals surface area contributed by atoms with Gasteiger partial charge < -0.3 is 5.73 Å². The zero-order valence-electron chi connectivity index (χ0n) is 17.7. The first kappa shape index (κ1) is 31.5. The van der Waals surface area contributed by atoms with Crippen LogP contribution in [0.15, 0.2) is 36.4 Å². The summed E-state index contributed by atoms with van der Waals surface area (Å²) in [6.45, 7) is 1.64. The third kappa shape index (κ3) is 7.98. The van der Waals surface area contributed by atoms with Gasteiger partial charge in [-0.1, -0.05) is 53.9 Å². The Labute approximate surface area is 217 Å². The number of halogens is 11. The number of nitrogens with two attached hydrogens (primary N) is 1. The van der Waals surface area contributed by atoms with E-state index in [1.54, 1.807) is 6.92 Å². The van der Waals surface area contributed by atoms with Crippen molar-refractivity contribution in [3.05, 3.63) is 73.7 Å². The third-order valence-electron chi connectivity index (χ3n) is 4.90. The van der Waals surface area contributed by atoms with Crippen LogP contribution in [0.25, 0.3) is 5.83 Å². The lowest BCUT2D eigenvalue weighted by atomic mass is 9.93. The normalized spacial score (nSPS) is 14.3. The second-order valence-electron chi connectivity index (χ2n) is 7.39. The Hall–Kier alpha value is -1.52. The van der Waals surface area contributed by atoms with E-state index in [4.69, 9.17) is 40.5 Å². The first-order valence-corrected chi connectivity index (χ1v) is 10.8. The highest BCUT2D eigenvalue weighted by Crippen LogP contribution is 2.43. The second-order valence-corrected chi connectivity index (χ2v) is 8.58. The average molecular weight is 587 g/mol. The van der Waals surface area contributed by atoms with Crippen LogP contribution < -0.4 is 5.73 Å². The topological polar surface area (TPSA) is 43.1 Å². The fourth-order valence-electron chi connectivity index (χ4n) is 3.04. The molecule has 0 fully saturated rings. The summed E-state index contributed by atoms with van der Waals surface area (Å²) < 4.78 is 96.6. The molecule has 0 spiro atoms. The zero-order valence-corrected chi connectivity index (χ0v) is 20.8. The monoisotopic (exact) mass is 585 g/mol. The van der Waals surface area contributed by atoms with Crippen LogP contribution in [0.2, 0.25) is 15.1 Å². The maximum Gasteiger partial charge on any atom is 0.417 e. The number of rotatable bonds is 7. The van der Waals surface area contributed by atoms with Crippen molar-refractivity contribution in [2.45, 2.75) is 44.1 Å². The first-order chi connectivity index (χ1) is 15.6. The molecule has 0 aliphatic carbocycles. The molecule has 0 radical (unpaired) electrons. The predicted octanol–water partition coefficient (Wildman–Crippen LogP) is 9.05. The van der Waals surface area contributed by atoms with Crippen LogP contribution in [0, 0.1) is 0 Å². The highest BCUT2D eigenvalue weighted by Gasteiger charge is 2.41. The van der Waals surface area contributed by atoms with Gasteiger partial charge in [0.15, 0.2) is 5.78 Å². The van der Waals surface area contributed by atoms with Crippen LogP contribution >= 0.6 is 47.2 Å². The van der Waals surface area contributed by atoms with Crippen LogP contribution in [0.1, 0.15) is 52.7 Å². The van der Waals surface area contributed by atoms with Gasteiger partial charge in [0.05, 0.1) is 20.6 Å². The summed E-state index contributed by atoms with van der Waals surface area (Å²) in [4.78, 5) is 12.3. The number of hydrogen-bond donors (Lipinski definition) is 1. The van der Waals surface area contributed by atoms with E-state index in [2.05, 4.69) is 0 Å². The molecule has 0 heterocycles. The molecule has 1 unspecified atom stereocenters. The molecular formula is C22H18Cl4F7NO. The van der Waals surface area contributed by atoms with Crippen molar-refractivity contribution < 1.29 is 35.5 Å².